The summed E-state index contributed by atoms with van der Waals surface area (Å²) in [5.41, 5.74) is 5.73. The van der Waals surface area contributed by atoms with E-state index in [0.29, 0.717) is 5.75 Å². The van der Waals surface area contributed by atoms with Gasteiger partial charge in [0.1, 0.15) is 0 Å². The minimum atomic E-state index is -0.289. The molecule has 160 valence electrons. The molecule has 3 heterocycles. The molecule has 2 aliphatic rings. The molecule has 4 aromatic rings. The quantitative estimate of drug-likeness (QED) is 0.410. The van der Waals surface area contributed by atoms with Crippen LogP contribution in [0.5, 0.6) is 0 Å². The summed E-state index contributed by atoms with van der Waals surface area (Å²) < 4.78 is 1.90. The van der Waals surface area contributed by atoms with E-state index in [9.17, 15) is 4.79 Å². The molecule has 1 aromatic heterocycles. The molecule has 0 unspecified atom stereocenters. The van der Waals surface area contributed by atoms with Crippen LogP contribution >= 0.6 is 11.8 Å². The first-order valence-electron chi connectivity index (χ1n) is 10.8. The first kappa shape index (κ1) is 19.8. The lowest BCUT2D eigenvalue weighted by Gasteiger charge is -2.29. The van der Waals surface area contributed by atoms with Crippen molar-refractivity contribution < 1.29 is 4.79 Å². The fraction of sp³-hybridized carbons (Fsp3) is 0.0741. The molecular formula is C27H20N4OS. The lowest BCUT2D eigenvalue weighted by atomic mass is 9.98. The van der Waals surface area contributed by atoms with Crippen molar-refractivity contribution in [2.45, 2.75) is 6.04 Å². The maximum Gasteiger partial charge on any atom is 0.239 e. The van der Waals surface area contributed by atoms with Gasteiger partial charge in [-0.05, 0) is 23.8 Å². The Hall–Kier alpha value is -3.90. The zero-order chi connectivity index (χ0) is 22.2. The largest absolute Gasteiger partial charge is 0.279 e. The number of hydrogen-bond donors (Lipinski definition) is 0. The number of para-hydroxylation sites is 1. The average Bonchev–Trinajstić information content (AvgIpc) is 3.50. The van der Waals surface area contributed by atoms with E-state index in [1.807, 2.05) is 82.5 Å². The molecule has 0 aliphatic carbocycles. The molecule has 0 spiro atoms. The molecule has 0 bridgehead atoms. The Balaban J connectivity index is 1.55. The highest BCUT2D eigenvalue weighted by Crippen LogP contribution is 2.41. The summed E-state index contributed by atoms with van der Waals surface area (Å²) in [4.78, 5) is 19.6. The van der Waals surface area contributed by atoms with E-state index >= 15 is 0 Å². The summed E-state index contributed by atoms with van der Waals surface area (Å²) in [5.74, 6) is 0.470. The lowest BCUT2D eigenvalue weighted by molar-refractivity contribution is -0.125. The van der Waals surface area contributed by atoms with Crippen molar-refractivity contribution in [3.63, 3.8) is 0 Å². The van der Waals surface area contributed by atoms with Gasteiger partial charge >= 0.3 is 0 Å². The van der Waals surface area contributed by atoms with Crippen molar-refractivity contribution in [3.8, 4) is 16.9 Å². The monoisotopic (exact) mass is 448 g/mol. The number of nitrogens with zero attached hydrogens (tertiary/aromatic N) is 4. The number of carbonyl (C=O) groups is 1. The number of fused-ring (bicyclic) bond motifs is 1. The van der Waals surface area contributed by atoms with Gasteiger partial charge in [-0.3, -0.25) is 9.69 Å². The second-order valence-electron chi connectivity index (χ2n) is 7.89. The van der Waals surface area contributed by atoms with Crippen LogP contribution in [0.4, 0.5) is 0 Å². The first-order valence-corrected chi connectivity index (χ1v) is 11.8. The molecule has 6 heteroatoms. The summed E-state index contributed by atoms with van der Waals surface area (Å²) in [7, 11) is 0. The average molecular weight is 449 g/mol. The molecule has 1 saturated heterocycles. The Morgan fingerprint density at radius 3 is 2.15 bits per heavy atom. The molecule has 1 amide bonds. The number of amidine groups is 1. The van der Waals surface area contributed by atoms with Crippen LogP contribution in [0.1, 0.15) is 17.2 Å². The third-order valence-electron chi connectivity index (χ3n) is 5.81. The molecule has 2 aliphatic heterocycles. The van der Waals surface area contributed by atoms with Gasteiger partial charge < -0.3 is 0 Å². The SMILES string of the molecule is O=C1CSC2=NC(c3ccccc3)=C[C@H](c3cn(-c4ccccc4)nc3-c3ccccc3)N12. The van der Waals surface area contributed by atoms with Crippen LogP contribution < -0.4 is 0 Å². The van der Waals surface area contributed by atoms with E-state index in [4.69, 9.17) is 10.1 Å². The van der Waals surface area contributed by atoms with Crippen molar-refractivity contribution in [1.82, 2.24) is 14.7 Å². The van der Waals surface area contributed by atoms with Gasteiger partial charge in [0, 0.05) is 17.3 Å². The summed E-state index contributed by atoms with van der Waals surface area (Å²) in [6.45, 7) is 0. The number of benzene rings is 3. The fourth-order valence-electron chi connectivity index (χ4n) is 4.23. The highest BCUT2D eigenvalue weighted by molar-refractivity contribution is 8.15. The van der Waals surface area contributed by atoms with E-state index in [1.54, 1.807) is 0 Å². The summed E-state index contributed by atoms with van der Waals surface area (Å²) >= 11 is 1.49. The molecule has 5 nitrogen and oxygen atoms in total. The Labute approximate surface area is 196 Å². The number of thioether (sulfide) groups is 1. The van der Waals surface area contributed by atoms with E-state index in [-0.39, 0.29) is 11.9 Å². The molecule has 0 N–H and O–H groups in total. The van der Waals surface area contributed by atoms with Gasteiger partial charge in [0.2, 0.25) is 5.91 Å². The maximum atomic E-state index is 12.9. The number of carbonyl (C=O) groups excluding carboxylic acids is 1. The molecular weight excluding hydrogens is 428 g/mol. The van der Waals surface area contributed by atoms with Crippen LogP contribution in [0.25, 0.3) is 22.6 Å². The standard InChI is InChI=1S/C27H20N4OS/c32-25-18-33-27-28-23(19-10-4-1-5-11-19)16-24(31(25)27)22-17-30(21-14-8-3-9-15-21)29-26(22)20-12-6-2-7-13-20/h1-17,24H,18H2/t24-/m1/s1. The van der Waals surface area contributed by atoms with Gasteiger partial charge in [-0.2, -0.15) is 5.10 Å². The van der Waals surface area contributed by atoms with E-state index in [2.05, 4.69) is 30.3 Å². The smallest absolute Gasteiger partial charge is 0.239 e. The maximum absolute atomic E-state index is 12.9. The van der Waals surface area contributed by atoms with Crippen LogP contribution in [0, 0.1) is 0 Å². The normalized spacial score (nSPS) is 17.5. The minimum absolute atomic E-state index is 0.0681. The molecule has 33 heavy (non-hydrogen) atoms. The van der Waals surface area contributed by atoms with Gasteiger partial charge in [0.25, 0.3) is 0 Å². The predicted molar refractivity (Wildman–Crippen MR) is 133 cm³/mol. The molecule has 1 fully saturated rings. The third kappa shape index (κ3) is 3.58. The van der Waals surface area contributed by atoms with Gasteiger partial charge in [-0.25, -0.2) is 9.67 Å². The number of aromatic nitrogens is 2. The predicted octanol–water partition coefficient (Wildman–Crippen LogP) is 5.57. The van der Waals surface area contributed by atoms with E-state index in [1.165, 1.54) is 11.8 Å². The fourth-order valence-corrected chi connectivity index (χ4v) is 5.14. The Morgan fingerprint density at radius 1 is 0.818 bits per heavy atom. The van der Waals surface area contributed by atoms with E-state index < -0.39 is 0 Å². The van der Waals surface area contributed by atoms with Crippen molar-refractivity contribution in [3.05, 3.63) is 114 Å². The minimum Gasteiger partial charge on any atom is -0.279 e. The van der Waals surface area contributed by atoms with Crippen LogP contribution in [0.3, 0.4) is 0 Å². The van der Waals surface area contributed by atoms with Crippen molar-refractivity contribution in [2.24, 2.45) is 4.99 Å². The first-order chi connectivity index (χ1) is 16.3. The van der Waals surface area contributed by atoms with Crippen LogP contribution in [0.2, 0.25) is 0 Å². The topological polar surface area (TPSA) is 50.5 Å². The van der Waals surface area contributed by atoms with E-state index in [0.717, 1.165) is 38.9 Å². The zero-order valence-corrected chi connectivity index (χ0v) is 18.5. The van der Waals surface area contributed by atoms with Crippen LogP contribution in [0.15, 0.2) is 108 Å². The van der Waals surface area contributed by atoms with Gasteiger partial charge in [0.15, 0.2) is 5.17 Å². The Kier molecular flexibility index (Phi) is 4.92. The highest BCUT2D eigenvalue weighted by Gasteiger charge is 2.39. The van der Waals surface area contributed by atoms with Gasteiger partial charge in [-0.1, -0.05) is 90.6 Å². The highest BCUT2D eigenvalue weighted by atomic mass is 32.2. The van der Waals surface area contributed by atoms with Crippen LogP contribution in [-0.4, -0.2) is 31.5 Å². The molecule has 0 saturated carbocycles. The van der Waals surface area contributed by atoms with Crippen molar-refractivity contribution in [1.29, 1.82) is 0 Å². The van der Waals surface area contributed by atoms with Crippen LogP contribution in [-0.2, 0) is 4.79 Å². The number of amides is 1. The third-order valence-corrected chi connectivity index (χ3v) is 6.75. The number of aliphatic imine (C=N–C) groups is 1. The molecule has 6 rings (SSSR count). The molecule has 0 radical (unpaired) electrons. The summed E-state index contributed by atoms with van der Waals surface area (Å²) in [5, 5.41) is 5.71. The number of hydrogen-bond acceptors (Lipinski definition) is 4. The lowest BCUT2D eigenvalue weighted by Crippen LogP contribution is -2.35. The summed E-state index contributed by atoms with van der Waals surface area (Å²) in [6.07, 6.45) is 4.13. The second-order valence-corrected chi connectivity index (χ2v) is 8.83. The molecule has 3 aromatic carbocycles. The van der Waals surface area contributed by atoms with Gasteiger partial charge in [-0.15, -0.1) is 0 Å². The molecule has 1 atom stereocenters. The zero-order valence-electron chi connectivity index (χ0n) is 17.7. The second kappa shape index (κ2) is 8.22. The Bertz CT molecular complexity index is 1380. The van der Waals surface area contributed by atoms with Gasteiger partial charge in [0.05, 0.1) is 28.9 Å². The summed E-state index contributed by atoms with van der Waals surface area (Å²) in [6, 6.07) is 30.0. The van der Waals surface area contributed by atoms with Crippen molar-refractivity contribution in [2.75, 3.05) is 5.75 Å². The number of rotatable bonds is 4. The Morgan fingerprint density at radius 2 is 1.45 bits per heavy atom. The van der Waals surface area contributed by atoms with Crippen molar-refractivity contribution >= 4 is 28.5 Å².